The van der Waals surface area contributed by atoms with Crippen molar-refractivity contribution in [2.24, 2.45) is 5.92 Å². The van der Waals surface area contributed by atoms with Gasteiger partial charge in [0.15, 0.2) is 0 Å². The van der Waals surface area contributed by atoms with Gasteiger partial charge in [-0.1, -0.05) is 26.0 Å². The molecule has 7 nitrogen and oxygen atoms in total. The molecule has 0 saturated carbocycles. The molecule has 110 valence electrons. The number of benzene rings is 1. The number of carbonyl (C=O) groups excluding carboxylic acids is 2. The summed E-state index contributed by atoms with van der Waals surface area (Å²) in [6, 6.07) is 3.04. The van der Waals surface area contributed by atoms with Gasteiger partial charge in [0.25, 0.3) is 0 Å². The Labute approximate surface area is 116 Å². The van der Waals surface area contributed by atoms with Crippen molar-refractivity contribution in [3.63, 3.8) is 0 Å². The molecule has 1 atom stereocenters. The van der Waals surface area contributed by atoms with Crippen LogP contribution < -0.4 is 14.9 Å². The number of sulfonamides is 1. The van der Waals surface area contributed by atoms with Crippen LogP contribution in [0.25, 0.3) is 0 Å². The van der Waals surface area contributed by atoms with Crippen LogP contribution >= 0.6 is 0 Å². The van der Waals surface area contributed by atoms with Crippen LogP contribution in [0.2, 0.25) is 0 Å². The molecule has 1 rings (SSSR count). The van der Waals surface area contributed by atoms with Crippen molar-refractivity contribution >= 4 is 22.0 Å². The summed E-state index contributed by atoms with van der Waals surface area (Å²) in [7, 11) is -4.17. The summed E-state index contributed by atoms with van der Waals surface area (Å²) in [5.74, 6) is -3.61. The van der Waals surface area contributed by atoms with Gasteiger partial charge in [0.05, 0.1) is 22.9 Å². The first-order valence-corrected chi connectivity index (χ1v) is 7.18. The molecule has 0 unspecified atom stereocenters. The van der Waals surface area contributed by atoms with E-state index in [4.69, 9.17) is 0 Å². The van der Waals surface area contributed by atoms with Gasteiger partial charge in [-0.05, 0) is 23.6 Å². The van der Waals surface area contributed by atoms with E-state index in [9.17, 15) is 28.2 Å². The highest BCUT2D eigenvalue weighted by atomic mass is 32.2. The Morgan fingerprint density at radius 3 is 2.25 bits per heavy atom. The number of aliphatic carboxylic acids is 1. The number of carboxylic acid groups (broad SMARTS) is 2. The van der Waals surface area contributed by atoms with Crippen LogP contribution in [0.3, 0.4) is 0 Å². The van der Waals surface area contributed by atoms with Crippen LogP contribution in [0.1, 0.15) is 24.2 Å². The highest BCUT2D eigenvalue weighted by molar-refractivity contribution is 7.89. The zero-order valence-electron chi connectivity index (χ0n) is 10.8. The lowest BCUT2D eigenvalue weighted by molar-refractivity contribution is -0.309. The van der Waals surface area contributed by atoms with Crippen molar-refractivity contribution in [2.75, 3.05) is 0 Å². The molecule has 0 aliphatic rings. The lowest BCUT2D eigenvalue weighted by Crippen LogP contribution is -2.50. The highest BCUT2D eigenvalue weighted by Gasteiger charge is 2.23. The van der Waals surface area contributed by atoms with Crippen LogP contribution in [-0.4, -0.2) is 26.4 Å². The van der Waals surface area contributed by atoms with Gasteiger partial charge in [0.2, 0.25) is 10.0 Å². The summed E-state index contributed by atoms with van der Waals surface area (Å²) in [4.78, 5) is 21.2. The average Bonchev–Trinajstić information content (AvgIpc) is 2.35. The second-order valence-corrected chi connectivity index (χ2v) is 6.19. The fourth-order valence-electron chi connectivity index (χ4n) is 1.48. The van der Waals surface area contributed by atoms with Gasteiger partial charge in [-0.25, -0.2) is 13.1 Å². The molecule has 0 amide bonds. The van der Waals surface area contributed by atoms with E-state index in [0.29, 0.717) is 0 Å². The Kier molecular flexibility index (Phi) is 4.85. The zero-order valence-corrected chi connectivity index (χ0v) is 11.6. The van der Waals surface area contributed by atoms with Crippen LogP contribution in [-0.2, 0) is 14.8 Å². The molecule has 0 spiro atoms. The van der Waals surface area contributed by atoms with Gasteiger partial charge in [-0.2, -0.15) is 0 Å². The largest absolute Gasteiger partial charge is 0.548 e. The van der Waals surface area contributed by atoms with Gasteiger partial charge >= 0.3 is 0 Å². The molecule has 1 aromatic rings. The van der Waals surface area contributed by atoms with E-state index in [1.165, 1.54) is 26.0 Å². The summed E-state index contributed by atoms with van der Waals surface area (Å²) < 4.78 is 26.0. The van der Waals surface area contributed by atoms with Gasteiger partial charge < -0.3 is 19.8 Å². The summed E-state index contributed by atoms with van der Waals surface area (Å²) in [5.41, 5.74) is -0.317. The molecule has 0 saturated heterocycles. The van der Waals surface area contributed by atoms with Crippen LogP contribution in [0, 0.1) is 5.92 Å². The van der Waals surface area contributed by atoms with E-state index < -0.39 is 33.9 Å². The molecule has 8 heteroatoms. The SMILES string of the molecule is CC(C)[C@@H](NS(=O)(=O)c1cccc(C(=O)[O-])c1)C(=O)[O-]. The number of hydrogen-bond acceptors (Lipinski definition) is 6. The standard InChI is InChI=1S/C12H15NO6S/c1-7(2)10(12(16)17)13-20(18,19)9-5-3-4-8(6-9)11(14)15/h3-7,10,13H,1-2H3,(H,14,15)(H,16,17)/p-2/t10-/m1/s1. The van der Waals surface area contributed by atoms with Gasteiger partial charge in [-0.3, -0.25) is 0 Å². The Morgan fingerprint density at radius 2 is 1.80 bits per heavy atom. The Morgan fingerprint density at radius 1 is 1.20 bits per heavy atom. The van der Waals surface area contributed by atoms with E-state index in [1.54, 1.807) is 0 Å². The lowest BCUT2D eigenvalue weighted by Gasteiger charge is -2.23. The highest BCUT2D eigenvalue weighted by Crippen LogP contribution is 2.13. The van der Waals surface area contributed by atoms with E-state index in [-0.39, 0.29) is 10.5 Å². The van der Waals surface area contributed by atoms with Gasteiger partial charge in [0, 0.05) is 0 Å². The normalized spacial score (nSPS) is 13.2. The Balaban J connectivity index is 3.14. The molecule has 20 heavy (non-hydrogen) atoms. The maximum Gasteiger partial charge on any atom is 0.241 e. The molecule has 0 bridgehead atoms. The third-order valence-electron chi connectivity index (χ3n) is 2.58. The minimum atomic E-state index is -4.17. The minimum Gasteiger partial charge on any atom is -0.548 e. The first-order valence-electron chi connectivity index (χ1n) is 5.69. The fourth-order valence-corrected chi connectivity index (χ4v) is 2.86. The molecular weight excluding hydrogens is 286 g/mol. The monoisotopic (exact) mass is 299 g/mol. The average molecular weight is 299 g/mol. The number of carbonyl (C=O) groups is 2. The molecule has 1 N–H and O–H groups in total. The van der Waals surface area contributed by atoms with Crippen LogP contribution in [0.15, 0.2) is 29.2 Å². The predicted molar refractivity (Wildman–Crippen MR) is 64.7 cm³/mol. The molecule has 0 aliphatic heterocycles. The first kappa shape index (κ1) is 16.1. The molecule has 0 fully saturated rings. The molecular formula is C12H13NO6S-2. The van der Waals surface area contributed by atoms with Crippen LogP contribution in [0.4, 0.5) is 0 Å². The van der Waals surface area contributed by atoms with E-state index in [1.807, 2.05) is 4.72 Å². The smallest absolute Gasteiger partial charge is 0.241 e. The van der Waals surface area contributed by atoms with Crippen molar-refractivity contribution in [3.8, 4) is 0 Å². The Bertz CT molecular complexity index is 623. The number of hydrogen-bond donors (Lipinski definition) is 1. The van der Waals surface area contributed by atoms with Gasteiger partial charge in [-0.15, -0.1) is 0 Å². The number of carboxylic acids is 2. The van der Waals surface area contributed by atoms with E-state index in [0.717, 1.165) is 12.1 Å². The number of rotatable bonds is 6. The molecule has 0 radical (unpaired) electrons. The van der Waals surface area contributed by atoms with Crippen molar-refractivity contribution in [1.29, 1.82) is 0 Å². The third-order valence-corrected chi connectivity index (χ3v) is 4.02. The zero-order chi connectivity index (χ0) is 15.5. The molecule has 0 aromatic heterocycles. The molecule has 0 heterocycles. The van der Waals surface area contributed by atoms with Crippen LogP contribution in [0.5, 0.6) is 0 Å². The maximum absolute atomic E-state index is 12.0. The van der Waals surface area contributed by atoms with Gasteiger partial charge in [0.1, 0.15) is 0 Å². The van der Waals surface area contributed by atoms with Crippen molar-refractivity contribution < 1.29 is 28.2 Å². The summed E-state index contributed by atoms with van der Waals surface area (Å²) in [6.07, 6.45) is 0. The second kappa shape index (κ2) is 6.02. The lowest BCUT2D eigenvalue weighted by atomic mass is 10.1. The summed E-state index contributed by atoms with van der Waals surface area (Å²) >= 11 is 0. The quantitative estimate of drug-likeness (QED) is 0.654. The number of aromatic carboxylic acids is 1. The van der Waals surface area contributed by atoms with E-state index in [2.05, 4.69) is 0 Å². The second-order valence-electron chi connectivity index (χ2n) is 4.48. The first-order chi connectivity index (χ1) is 9.15. The third kappa shape index (κ3) is 3.78. The summed E-state index contributed by atoms with van der Waals surface area (Å²) in [6.45, 7) is 3.03. The predicted octanol–water partition coefficient (Wildman–Crippen LogP) is -1.90. The Hall–Kier alpha value is -1.93. The fraction of sp³-hybridized carbons (Fsp3) is 0.333. The van der Waals surface area contributed by atoms with E-state index >= 15 is 0 Å². The molecule has 1 aromatic carbocycles. The minimum absolute atomic E-state index is 0.317. The van der Waals surface area contributed by atoms with Crippen molar-refractivity contribution in [3.05, 3.63) is 29.8 Å². The maximum atomic E-state index is 12.0. The topological polar surface area (TPSA) is 126 Å². The van der Waals surface area contributed by atoms with Crippen molar-refractivity contribution in [2.45, 2.75) is 24.8 Å². The summed E-state index contributed by atoms with van der Waals surface area (Å²) in [5, 5.41) is 21.6. The number of nitrogens with one attached hydrogen (secondary N) is 1. The molecule has 0 aliphatic carbocycles. The van der Waals surface area contributed by atoms with Crippen molar-refractivity contribution in [1.82, 2.24) is 4.72 Å².